The van der Waals surface area contributed by atoms with E-state index < -0.39 is 16.0 Å². The fourth-order valence-corrected chi connectivity index (χ4v) is 2.70. The predicted molar refractivity (Wildman–Crippen MR) is 60.3 cm³/mol. The molecule has 0 spiro atoms. The van der Waals surface area contributed by atoms with Crippen molar-refractivity contribution >= 4 is 38.7 Å². The lowest BCUT2D eigenvalue weighted by Crippen LogP contribution is -2.28. The highest BCUT2D eigenvalue weighted by molar-refractivity contribution is 7.88. The highest BCUT2D eigenvalue weighted by Gasteiger charge is 2.22. The van der Waals surface area contributed by atoms with Crippen LogP contribution < -0.4 is 4.72 Å². The third-order valence-electron chi connectivity index (χ3n) is 1.76. The molecule has 6 nitrogen and oxygen atoms in total. The van der Waals surface area contributed by atoms with Crippen LogP contribution in [0.25, 0.3) is 5.70 Å². The maximum absolute atomic E-state index is 11.4. The van der Waals surface area contributed by atoms with Crippen LogP contribution in [0, 0.1) is 0 Å². The van der Waals surface area contributed by atoms with E-state index in [1.807, 2.05) is 0 Å². The number of rotatable bonds is 2. The van der Waals surface area contributed by atoms with E-state index in [1.165, 1.54) is 24.3 Å². The van der Waals surface area contributed by atoms with E-state index in [2.05, 4.69) is 14.1 Å². The third-order valence-corrected chi connectivity index (χ3v) is 3.48. The summed E-state index contributed by atoms with van der Waals surface area (Å²) in [5.74, 6) is -0.404. The quantitative estimate of drug-likeness (QED) is 0.828. The first-order valence-electron chi connectivity index (χ1n) is 4.23. The molecule has 1 aromatic rings. The second-order valence-corrected chi connectivity index (χ2v) is 5.24. The topological polar surface area (TPSA) is 88.5 Å². The second kappa shape index (κ2) is 3.80. The second-order valence-electron chi connectivity index (χ2n) is 3.01. The summed E-state index contributed by atoms with van der Waals surface area (Å²) < 4.78 is 28.2. The number of nitrogens with one attached hydrogen (secondary N) is 1. The monoisotopic (exact) mass is 257 g/mol. The van der Waals surface area contributed by atoms with Crippen LogP contribution in [0.4, 0.5) is 0 Å². The van der Waals surface area contributed by atoms with Gasteiger partial charge in [0, 0.05) is 18.5 Å². The lowest BCUT2D eigenvalue weighted by molar-refractivity contribution is -0.111. The van der Waals surface area contributed by atoms with Gasteiger partial charge >= 0.3 is 10.2 Å². The number of aromatic nitrogens is 1. The highest BCUT2D eigenvalue weighted by Crippen LogP contribution is 2.18. The molecular formula is C8H7N3O3S2. The van der Waals surface area contributed by atoms with Crippen LogP contribution in [0.5, 0.6) is 0 Å². The van der Waals surface area contributed by atoms with Crippen LogP contribution in [0.3, 0.4) is 0 Å². The number of allylic oxidation sites excluding steroid dienone is 1. The van der Waals surface area contributed by atoms with Crippen molar-refractivity contribution in [3.05, 3.63) is 22.7 Å². The van der Waals surface area contributed by atoms with E-state index in [0.29, 0.717) is 5.01 Å². The van der Waals surface area contributed by atoms with Gasteiger partial charge in [-0.3, -0.25) is 9.52 Å². The summed E-state index contributed by atoms with van der Waals surface area (Å²) in [5.41, 5.74) is 0.180. The molecule has 0 aliphatic carbocycles. The smallest absolute Gasteiger partial charge is 0.293 e. The number of carbonyl (C=O) groups excluding carboxylic acids is 1. The summed E-state index contributed by atoms with van der Waals surface area (Å²) >= 11 is 1.27. The number of ketones is 1. The minimum absolute atomic E-state index is 0.0936. The zero-order valence-corrected chi connectivity index (χ0v) is 9.80. The largest absolute Gasteiger partial charge is 0.343 e. The van der Waals surface area contributed by atoms with Gasteiger partial charge in [-0.25, -0.2) is 4.98 Å². The molecule has 0 aromatic carbocycles. The normalized spacial score (nSPS) is 18.3. The Bertz CT molecular complexity index is 584. The van der Waals surface area contributed by atoms with Gasteiger partial charge in [0.2, 0.25) is 0 Å². The molecule has 0 saturated heterocycles. The van der Waals surface area contributed by atoms with Crippen molar-refractivity contribution in [2.24, 2.45) is 4.40 Å². The highest BCUT2D eigenvalue weighted by atomic mass is 32.2. The van der Waals surface area contributed by atoms with Crippen LogP contribution in [-0.4, -0.2) is 24.9 Å². The number of hydrogen-bond acceptors (Lipinski definition) is 5. The van der Waals surface area contributed by atoms with Crippen LogP contribution in [0.15, 0.2) is 22.1 Å². The SMILES string of the molecule is CC(=O)C1=NS(=O)(=O)NC(c2nccs2)=C1. The Morgan fingerprint density at radius 1 is 1.50 bits per heavy atom. The number of hydrogen-bond donors (Lipinski definition) is 1. The summed E-state index contributed by atoms with van der Waals surface area (Å²) in [6, 6.07) is 0. The first-order valence-corrected chi connectivity index (χ1v) is 6.55. The molecule has 1 aromatic heterocycles. The Kier molecular flexibility index (Phi) is 2.60. The predicted octanol–water partition coefficient (Wildman–Crippen LogP) is 0.362. The van der Waals surface area contributed by atoms with Crippen molar-refractivity contribution in [3.63, 3.8) is 0 Å². The molecule has 2 heterocycles. The summed E-state index contributed by atoms with van der Waals surface area (Å²) in [7, 11) is -3.84. The molecule has 84 valence electrons. The van der Waals surface area contributed by atoms with Gasteiger partial charge in [0.15, 0.2) is 5.78 Å². The molecule has 0 atom stereocenters. The minimum Gasteiger partial charge on any atom is -0.293 e. The Morgan fingerprint density at radius 3 is 2.81 bits per heavy atom. The summed E-state index contributed by atoms with van der Waals surface area (Å²) in [4.78, 5) is 15.1. The number of thiazole rings is 1. The first-order chi connectivity index (χ1) is 7.48. The van der Waals surface area contributed by atoms with Gasteiger partial charge in [0.25, 0.3) is 0 Å². The molecule has 0 fully saturated rings. The first kappa shape index (κ1) is 11.0. The average Bonchev–Trinajstić information content (AvgIpc) is 2.67. The molecule has 16 heavy (non-hydrogen) atoms. The summed E-state index contributed by atoms with van der Waals surface area (Å²) in [5, 5.41) is 2.21. The Hall–Kier alpha value is -1.54. The van der Waals surface area contributed by atoms with E-state index in [1.54, 1.807) is 11.6 Å². The fraction of sp³-hybridized carbons (Fsp3) is 0.125. The molecule has 0 unspecified atom stereocenters. The van der Waals surface area contributed by atoms with Crippen molar-refractivity contribution in [3.8, 4) is 0 Å². The number of Topliss-reactive ketones (excluding diaryl/α,β-unsaturated/α-hetero) is 1. The maximum Gasteiger partial charge on any atom is 0.343 e. The fourth-order valence-electron chi connectivity index (χ4n) is 1.11. The molecule has 1 aliphatic heterocycles. The zero-order chi connectivity index (χ0) is 11.8. The van der Waals surface area contributed by atoms with Gasteiger partial charge in [-0.2, -0.15) is 8.42 Å². The van der Waals surface area contributed by atoms with Crippen LogP contribution in [0.2, 0.25) is 0 Å². The molecule has 0 saturated carbocycles. The van der Waals surface area contributed by atoms with E-state index in [0.717, 1.165) is 0 Å². The third kappa shape index (κ3) is 2.17. The molecular weight excluding hydrogens is 250 g/mol. The van der Waals surface area contributed by atoms with Gasteiger partial charge in [-0.05, 0) is 6.08 Å². The summed E-state index contributed by atoms with van der Waals surface area (Å²) in [6.45, 7) is 1.26. The van der Waals surface area contributed by atoms with E-state index >= 15 is 0 Å². The lowest BCUT2D eigenvalue weighted by Gasteiger charge is -2.11. The zero-order valence-electron chi connectivity index (χ0n) is 8.17. The Balaban J connectivity index is 2.50. The van der Waals surface area contributed by atoms with Crippen LogP contribution in [0.1, 0.15) is 11.9 Å². The molecule has 8 heteroatoms. The number of carbonyl (C=O) groups is 1. The van der Waals surface area contributed by atoms with Crippen molar-refractivity contribution in [1.82, 2.24) is 9.71 Å². The Morgan fingerprint density at radius 2 is 2.25 bits per heavy atom. The van der Waals surface area contributed by atoms with Gasteiger partial charge in [0.1, 0.15) is 10.7 Å². The minimum atomic E-state index is -3.84. The van der Waals surface area contributed by atoms with E-state index in [-0.39, 0.29) is 11.4 Å². The molecule has 1 N–H and O–H groups in total. The molecule has 0 amide bonds. The molecule has 2 rings (SSSR count). The van der Waals surface area contributed by atoms with Gasteiger partial charge in [-0.15, -0.1) is 15.7 Å². The maximum atomic E-state index is 11.4. The average molecular weight is 257 g/mol. The molecule has 0 radical (unpaired) electrons. The summed E-state index contributed by atoms with van der Waals surface area (Å²) in [6.07, 6.45) is 2.93. The van der Waals surface area contributed by atoms with Crippen LogP contribution >= 0.6 is 11.3 Å². The van der Waals surface area contributed by atoms with Crippen molar-refractivity contribution in [1.29, 1.82) is 0 Å². The van der Waals surface area contributed by atoms with Gasteiger partial charge in [-0.1, -0.05) is 0 Å². The van der Waals surface area contributed by atoms with Crippen molar-refractivity contribution < 1.29 is 13.2 Å². The Labute approximate surface area is 95.9 Å². The molecule has 0 bridgehead atoms. The van der Waals surface area contributed by atoms with Crippen molar-refractivity contribution in [2.45, 2.75) is 6.92 Å². The lowest BCUT2D eigenvalue weighted by atomic mass is 10.2. The van der Waals surface area contributed by atoms with E-state index in [4.69, 9.17) is 0 Å². The standard InChI is InChI=1S/C8H7N3O3S2/c1-5(12)6-4-7(8-9-2-3-15-8)11-16(13,14)10-6/h2-4,11H,1H3. The van der Waals surface area contributed by atoms with Gasteiger partial charge < -0.3 is 0 Å². The molecule has 1 aliphatic rings. The van der Waals surface area contributed by atoms with E-state index in [9.17, 15) is 13.2 Å². The van der Waals surface area contributed by atoms with Crippen molar-refractivity contribution in [2.75, 3.05) is 0 Å². The number of nitrogens with zero attached hydrogens (tertiary/aromatic N) is 2. The van der Waals surface area contributed by atoms with Crippen LogP contribution in [-0.2, 0) is 15.0 Å². The van der Waals surface area contributed by atoms with Gasteiger partial charge in [0.05, 0.1) is 5.70 Å².